The van der Waals surface area contributed by atoms with Gasteiger partial charge in [-0.1, -0.05) is 6.07 Å². The molecule has 16 heavy (non-hydrogen) atoms. The van der Waals surface area contributed by atoms with Crippen LogP contribution in [0.2, 0.25) is 0 Å². The molecule has 1 unspecified atom stereocenters. The van der Waals surface area contributed by atoms with Gasteiger partial charge in [0.05, 0.1) is 4.92 Å². The van der Waals surface area contributed by atoms with Gasteiger partial charge in [0.1, 0.15) is 5.52 Å². The minimum atomic E-state index is -0.483. The molecule has 2 rings (SSSR count). The molecule has 0 saturated heterocycles. The van der Waals surface area contributed by atoms with Crippen molar-refractivity contribution in [1.82, 2.24) is 4.98 Å². The lowest BCUT2D eigenvalue weighted by Gasteiger charge is -1.97. The van der Waals surface area contributed by atoms with Crippen LogP contribution in [-0.4, -0.2) is 15.9 Å². The van der Waals surface area contributed by atoms with Crippen LogP contribution in [0, 0.1) is 10.1 Å². The van der Waals surface area contributed by atoms with Crippen LogP contribution in [0.25, 0.3) is 11.1 Å². The summed E-state index contributed by atoms with van der Waals surface area (Å²) in [4.78, 5) is 14.4. The molecule has 84 valence electrons. The molecule has 0 aliphatic heterocycles. The molecule has 1 heterocycles. The van der Waals surface area contributed by atoms with Crippen LogP contribution in [0.1, 0.15) is 12.8 Å². The second-order valence-corrected chi connectivity index (χ2v) is 3.67. The van der Waals surface area contributed by atoms with Gasteiger partial charge in [-0.05, 0) is 13.0 Å². The molecule has 2 N–H and O–H groups in total. The van der Waals surface area contributed by atoms with Crippen molar-refractivity contribution in [2.45, 2.75) is 19.4 Å². The highest BCUT2D eigenvalue weighted by molar-refractivity contribution is 5.82. The quantitative estimate of drug-likeness (QED) is 0.627. The Hall–Kier alpha value is -1.95. The molecule has 6 heteroatoms. The number of hydrogen-bond donors (Lipinski definition) is 1. The molecule has 2 aromatic rings. The number of oxazole rings is 1. The van der Waals surface area contributed by atoms with E-state index in [1.165, 1.54) is 6.07 Å². The Morgan fingerprint density at radius 3 is 3.00 bits per heavy atom. The molecule has 1 aromatic heterocycles. The maximum Gasteiger partial charge on any atom is 0.313 e. The number of nitro groups is 1. The van der Waals surface area contributed by atoms with Crippen molar-refractivity contribution in [2.75, 3.05) is 0 Å². The molecular weight excluding hydrogens is 210 g/mol. The largest absolute Gasteiger partial charge is 0.433 e. The van der Waals surface area contributed by atoms with E-state index in [2.05, 4.69) is 4.98 Å². The molecule has 0 radical (unpaired) electrons. The van der Waals surface area contributed by atoms with Gasteiger partial charge in [0.15, 0.2) is 5.89 Å². The maximum atomic E-state index is 10.7. The fourth-order valence-corrected chi connectivity index (χ4v) is 1.49. The van der Waals surface area contributed by atoms with Gasteiger partial charge in [0.25, 0.3) is 0 Å². The Bertz CT molecular complexity index is 533. The number of rotatable bonds is 3. The monoisotopic (exact) mass is 221 g/mol. The van der Waals surface area contributed by atoms with Crippen LogP contribution in [0.5, 0.6) is 0 Å². The normalized spacial score (nSPS) is 12.9. The van der Waals surface area contributed by atoms with E-state index >= 15 is 0 Å². The lowest BCUT2D eigenvalue weighted by Crippen LogP contribution is -2.17. The molecule has 0 aliphatic rings. The first-order valence-corrected chi connectivity index (χ1v) is 4.86. The van der Waals surface area contributed by atoms with Crippen LogP contribution in [-0.2, 0) is 6.42 Å². The van der Waals surface area contributed by atoms with Crippen molar-refractivity contribution in [1.29, 1.82) is 0 Å². The van der Waals surface area contributed by atoms with Gasteiger partial charge in [0, 0.05) is 18.5 Å². The summed E-state index contributed by atoms with van der Waals surface area (Å²) >= 11 is 0. The first kappa shape index (κ1) is 10.6. The van der Waals surface area contributed by atoms with Crippen molar-refractivity contribution >= 4 is 16.8 Å². The second kappa shape index (κ2) is 3.90. The topological polar surface area (TPSA) is 95.2 Å². The summed E-state index contributed by atoms with van der Waals surface area (Å²) in [5.74, 6) is 0.430. The van der Waals surface area contributed by atoms with Crippen molar-refractivity contribution < 1.29 is 9.34 Å². The molecule has 0 bridgehead atoms. The van der Waals surface area contributed by atoms with Crippen LogP contribution < -0.4 is 5.73 Å². The number of nitrogens with zero attached hydrogens (tertiary/aromatic N) is 2. The molecule has 0 saturated carbocycles. The van der Waals surface area contributed by atoms with Gasteiger partial charge < -0.3 is 10.2 Å². The van der Waals surface area contributed by atoms with E-state index in [0.29, 0.717) is 17.8 Å². The third-order valence-electron chi connectivity index (χ3n) is 2.13. The Balaban J connectivity index is 2.52. The first-order valence-electron chi connectivity index (χ1n) is 4.86. The zero-order chi connectivity index (χ0) is 11.7. The van der Waals surface area contributed by atoms with Gasteiger partial charge in [-0.2, -0.15) is 0 Å². The van der Waals surface area contributed by atoms with E-state index < -0.39 is 4.92 Å². The van der Waals surface area contributed by atoms with E-state index in [1.54, 1.807) is 12.1 Å². The van der Waals surface area contributed by atoms with Crippen LogP contribution in [0.15, 0.2) is 22.6 Å². The average Bonchev–Trinajstić information content (AvgIpc) is 2.57. The fraction of sp³-hybridized carbons (Fsp3) is 0.300. The number of benzene rings is 1. The molecule has 1 aromatic carbocycles. The molecule has 0 aliphatic carbocycles. The molecule has 0 spiro atoms. The highest BCUT2D eigenvalue weighted by Gasteiger charge is 2.17. The Morgan fingerprint density at radius 1 is 1.62 bits per heavy atom. The van der Waals surface area contributed by atoms with Gasteiger partial charge in [0.2, 0.25) is 5.58 Å². The second-order valence-electron chi connectivity index (χ2n) is 3.67. The maximum absolute atomic E-state index is 10.7. The van der Waals surface area contributed by atoms with Crippen LogP contribution >= 0.6 is 0 Å². The summed E-state index contributed by atoms with van der Waals surface area (Å²) < 4.78 is 5.34. The fourth-order valence-electron chi connectivity index (χ4n) is 1.49. The van der Waals surface area contributed by atoms with E-state index in [9.17, 15) is 10.1 Å². The molecule has 6 nitrogen and oxygen atoms in total. The molecule has 0 amide bonds. The van der Waals surface area contributed by atoms with Gasteiger partial charge in [-0.15, -0.1) is 0 Å². The van der Waals surface area contributed by atoms with Crippen molar-refractivity contribution in [2.24, 2.45) is 5.73 Å². The zero-order valence-corrected chi connectivity index (χ0v) is 8.71. The number of nitrogens with two attached hydrogens (primary N) is 1. The minimum Gasteiger partial charge on any atom is -0.433 e. The lowest BCUT2D eigenvalue weighted by molar-refractivity contribution is -0.383. The van der Waals surface area contributed by atoms with E-state index in [4.69, 9.17) is 10.2 Å². The van der Waals surface area contributed by atoms with Crippen molar-refractivity contribution in [3.8, 4) is 0 Å². The predicted octanol–water partition coefficient (Wildman–Crippen LogP) is 1.63. The molecule has 0 fully saturated rings. The third kappa shape index (κ3) is 1.87. The summed E-state index contributed by atoms with van der Waals surface area (Å²) in [6.07, 6.45) is 0.464. The Morgan fingerprint density at radius 2 is 2.38 bits per heavy atom. The summed E-state index contributed by atoms with van der Waals surface area (Å²) in [6, 6.07) is 4.56. The first-order chi connectivity index (χ1) is 7.58. The number of hydrogen-bond acceptors (Lipinski definition) is 5. The van der Waals surface area contributed by atoms with Crippen LogP contribution in [0.3, 0.4) is 0 Å². The van der Waals surface area contributed by atoms with Gasteiger partial charge >= 0.3 is 5.69 Å². The smallest absolute Gasteiger partial charge is 0.313 e. The summed E-state index contributed by atoms with van der Waals surface area (Å²) in [7, 11) is 0. The van der Waals surface area contributed by atoms with E-state index in [-0.39, 0.29) is 17.3 Å². The van der Waals surface area contributed by atoms with Gasteiger partial charge in [-0.3, -0.25) is 10.1 Å². The van der Waals surface area contributed by atoms with Crippen LogP contribution in [0.4, 0.5) is 5.69 Å². The Kier molecular flexibility index (Phi) is 2.57. The summed E-state index contributed by atoms with van der Waals surface area (Å²) in [6.45, 7) is 1.82. The van der Waals surface area contributed by atoms with Gasteiger partial charge in [-0.25, -0.2) is 4.98 Å². The SMILES string of the molecule is CC(N)Cc1nc2cccc([N+](=O)[O-])c2o1. The standard InChI is InChI=1S/C10H11N3O3/c1-6(11)5-9-12-7-3-2-4-8(13(14)15)10(7)16-9/h2-4,6H,5,11H2,1H3. The number of fused-ring (bicyclic) bond motifs is 1. The van der Waals surface area contributed by atoms with Crippen molar-refractivity contribution in [3.05, 3.63) is 34.2 Å². The Labute approximate surface area is 91.2 Å². The minimum absolute atomic E-state index is 0.0686. The average molecular weight is 221 g/mol. The highest BCUT2D eigenvalue weighted by Crippen LogP contribution is 2.26. The lowest BCUT2D eigenvalue weighted by atomic mass is 10.2. The highest BCUT2D eigenvalue weighted by atomic mass is 16.6. The number of nitro benzene ring substituents is 1. The number of aromatic nitrogens is 1. The van der Waals surface area contributed by atoms with E-state index in [0.717, 1.165) is 0 Å². The third-order valence-corrected chi connectivity index (χ3v) is 2.13. The van der Waals surface area contributed by atoms with E-state index in [1.807, 2.05) is 6.92 Å². The summed E-state index contributed by atoms with van der Waals surface area (Å²) in [5.41, 5.74) is 6.24. The number of non-ortho nitro benzene ring substituents is 1. The molecule has 1 atom stereocenters. The zero-order valence-electron chi connectivity index (χ0n) is 8.71. The predicted molar refractivity (Wildman–Crippen MR) is 58.0 cm³/mol. The number of para-hydroxylation sites is 1. The molecular formula is C10H11N3O3. The van der Waals surface area contributed by atoms with Crippen molar-refractivity contribution in [3.63, 3.8) is 0 Å². The summed E-state index contributed by atoms with van der Waals surface area (Å²) in [5, 5.41) is 10.7.